The Labute approximate surface area is 192 Å². The topological polar surface area (TPSA) is 188 Å². The molecule has 0 aromatic heterocycles. The molecule has 0 bridgehead atoms. The molecule has 8 nitrogen and oxygen atoms in total. The van der Waals surface area contributed by atoms with Gasteiger partial charge in [0.05, 0.1) is 0 Å². The average molecular weight is 465 g/mol. The second-order valence-corrected chi connectivity index (χ2v) is 8.26. The zero-order valence-electron chi connectivity index (χ0n) is 17.9. The van der Waals surface area contributed by atoms with Crippen molar-refractivity contribution in [2.75, 3.05) is 22.9 Å². The number of hydrogen-bond donors (Lipinski definition) is 7. The summed E-state index contributed by atoms with van der Waals surface area (Å²) >= 11 is 0. The number of anilines is 4. The molecule has 0 unspecified atom stereocenters. The van der Waals surface area contributed by atoms with Gasteiger partial charge < -0.3 is 32.7 Å². The van der Waals surface area contributed by atoms with E-state index < -0.39 is 7.75 Å². The summed E-state index contributed by atoms with van der Waals surface area (Å²) in [5, 5.41) is 0. The summed E-state index contributed by atoms with van der Waals surface area (Å²) in [6.45, 7) is 0. The van der Waals surface area contributed by atoms with Crippen molar-refractivity contribution in [3.63, 3.8) is 0 Å². The molecule has 0 saturated carbocycles. The van der Waals surface area contributed by atoms with Crippen LogP contribution in [0.5, 0.6) is 0 Å². The molecule has 4 aromatic carbocycles. The van der Waals surface area contributed by atoms with Crippen LogP contribution in [0.15, 0.2) is 97.1 Å². The quantitative estimate of drug-likeness (QED) is 0.170. The van der Waals surface area contributed by atoms with E-state index in [9.17, 15) is 0 Å². The summed E-state index contributed by atoms with van der Waals surface area (Å²) in [6, 6.07) is 31.2. The Hall–Kier alpha value is -3.81. The van der Waals surface area contributed by atoms with E-state index in [1.54, 1.807) is 0 Å². The number of benzene rings is 4. The highest BCUT2D eigenvalue weighted by Gasteiger charge is 1.97. The highest BCUT2D eigenvalue weighted by Crippen LogP contribution is 2.22. The van der Waals surface area contributed by atoms with Crippen LogP contribution in [-0.2, 0) is 4.57 Å². The molecule has 0 fully saturated rings. The van der Waals surface area contributed by atoms with Crippen LogP contribution in [0.3, 0.4) is 0 Å². The maximum absolute atomic E-state index is 9.10. The van der Waals surface area contributed by atoms with Crippen LogP contribution in [0.25, 0.3) is 22.3 Å². The van der Waals surface area contributed by atoms with Crippen molar-refractivity contribution in [3.05, 3.63) is 97.1 Å². The van der Waals surface area contributed by atoms with E-state index in [4.69, 9.17) is 37.3 Å². The van der Waals surface area contributed by atoms with Crippen LogP contribution in [0.2, 0.25) is 0 Å². The first-order valence-electron chi connectivity index (χ1n) is 9.78. The predicted octanol–water partition coefficient (Wildman–Crippen LogP) is 4.07. The molecule has 4 rings (SSSR count). The Kier molecular flexibility index (Phi) is 9.03. The lowest BCUT2D eigenvalue weighted by Gasteiger charge is -2.02. The largest absolute Gasteiger partial charge is 0.399 e. The summed E-state index contributed by atoms with van der Waals surface area (Å²) < 4.78 is 9.10. The van der Waals surface area contributed by atoms with Crippen molar-refractivity contribution < 1.29 is 14.4 Å². The number of nitrogens with two attached hydrogens (primary N) is 5. The molecule has 0 saturated heterocycles. The zero-order chi connectivity index (χ0) is 24.4. The third kappa shape index (κ3) is 9.90. The molecule has 0 aliphatic heterocycles. The minimum atomic E-state index is -4.14. The van der Waals surface area contributed by atoms with Crippen LogP contribution in [0.4, 0.5) is 22.7 Å². The fourth-order valence-electron chi connectivity index (χ4n) is 2.70. The SMILES string of the molecule is NP(=O)(O)O.Nc1ccc(-c2ccc(N)cc2)cc1.Nc1ccc(-c2ccc(N)cc2)cc1. The molecule has 33 heavy (non-hydrogen) atoms. The summed E-state index contributed by atoms with van der Waals surface area (Å²) in [6.07, 6.45) is 0. The summed E-state index contributed by atoms with van der Waals surface area (Å²) in [5.74, 6) is 0. The lowest BCUT2D eigenvalue weighted by Crippen LogP contribution is -1.87. The standard InChI is InChI=1S/2C12H12N2.H4NO3P/c2*13-11-5-1-9(2-6-11)10-3-7-12(14)8-4-10;1-5(2,3)4/h2*1-8H,13-14H2;(H4,1,2,3,4). The average Bonchev–Trinajstić information content (AvgIpc) is 2.76. The van der Waals surface area contributed by atoms with E-state index in [0.717, 1.165) is 45.0 Å². The lowest BCUT2D eigenvalue weighted by atomic mass is 10.1. The summed E-state index contributed by atoms with van der Waals surface area (Å²) in [5.41, 5.74) is 34.2. The molecule has 0 radical (unpaired) electrons. The zero-order valence-corrected chi connectivity index (χ0v) is 18.8. The molecule has 4 aromatic rings. The Balaban J connectivity index is 0.000000195. The van der Waals surface area contributed by atoms with Gasteiger partial charge in [-0.3, -0.25) is 0 Å². The molecule has 0 amide bonds. The van der Waals surface area contributed by atoms with Crippen molar-refractivity contribution in [2.45, 2.75) is 0 Å². The van der Waals surface area contributed by atoms with Gasteiger partial charge in [0, 0.05) is 22.7 Å². The van der Waals surface area contributed by atoms with Gasteiger partial charge in [0.2, 0.25) is 0 Å². The predicted molar refractivity (Wildman–Crippen MR) is 138 cm³/mol. The number of nitrogen functional groups attached to an aromatic ring is 4. The summed E-state index contributed by atoms with van der Waals surface area (Å²) in [7, 11) is -4.14. The molecule has 0 heterocycles. The van der Waals surface area contributed by atoms with Gasteiger partial charge in [0.15, 0.2) is 0 Å². The first-order valence-corrected chi connectivity index (χ1v) is 11.5. The van der Waals surface area contributed by atoms with E-state index in [1.165, 1.54) is 0 Å². The van der Waals surface area contributed by atoms with E-state index >= 15 is 0 Å². The molecule has 9 heteroatoms. The van der Waals surface area contributed by atoms with Crippen LogP contribution in [0.1, 0.15) is 0 Å². The monoisotopic (exact) mass is 465 g/mol. The maximum Gasteiger partial charge on any atom is 0.397 e. The lowest BCUT2D eigenvalue weighted by molar-refractivity contribution is 0.374. The minimum Gasteiger partial charge on any atom is -0.399 e. The van der Waals surface area contributed by atoms with Crippen LogP contribution >= 0.6 is 7.75 Å². The molecule has 0 atom stereocenters. The van der Waals surface area contributed by atoms with Crippen molar-refractivity contribution in [3.8, 4) is 22.3 Å². The van der Waals surface area contributed by atoms with Crippen molar-refractivity contribution in [1.29, 1.82) is 0 Å². The number of rotatable bonds is 2. The molecular formula is C24H28N5O3P. The van der Waals surface area contributed by atoms with E-state index in [2.05, 4.69) is 5.50 Å². The van der Waals surface area contributed by atoms with Crippen LogP contribution in [-0.4, -0.2) is 9.79 Å². The fraction of sp³-hybridized carbons (Fsp3) is 0. The Morgan fingerprint density at radius 3 is 0.667 bits per heavy atom. The highest BCUT2D eigenvalue weighted by molar-refractivity contribution is 7.49. The molecule has 0 aliphatic rings. The van der Waals surface area contributed by atoms with Crippen LogP contribution in [0, 0.1) is 0 Å². The van der Waals surface area contributed by atoms with E-state index in [-0.39, 0.29) is 0 Å². The molecular weight excluding hydrogens is 437 g/mol. The van der Waals surface area contributed by atoms with E-state index in [0.29, 0.717) is 0 Å². The van der Waals surface area contributed by atoms with Gasteiger partial charge in [-0.25, -0.2) is 10.1 Å². The smallest absolute Gasteiger partial charge is 0.397 e. The van der Waals surface area contributed by atoms with Gasteiger partial charge in [-0.2, -0.15) is 0 Å². The van der Waals surface area contributed by atoms with Crippen molar-refractivity contribution in [2.24, 2.45) is 5.50 Å². The second-order valence-electron chi connectivity index (χ2n) is 7.08. The van der Waals surface area contributed by atoms with Crippen molar-refractivity contribution >= 4 is 30.5 Å². The van der Waals surface area contributed by atoms with Gasteiger partial charge in [-0.05, 0) is 70.8 Å². The first-order chi connectivity index (χ1) is 15.5. The molecule has 0 aliphatic carbocycles. The minimum absolute atomic E-state index is 0.782. The van der Waals surface area contributed by atoms with Gasteiger partial charge in [0.1, 0.15) is 0 Å². The first kappa shape index (κ1) is 25.5. The molecule has 172 valence electrons. The number of hydrogen-bond acceptors (Lipinski definition) is 5. The third-order valence-corrected chi connectivity index (χ3v) is 4.31. The maximum atomic E-state index is 9.10. The normalized spacial score (nSPS) is 10.3. The third-order valence-electron chi connectivity index (χ3n) is 4.31. The van der Waals surface area contributed by atoms with Crippen molar-refractivity contribution in [1.82, 2.24) is 0 Å². The Morgan fingerprint density at radius 1 is 0.424 bits per heavy atom. The van der Waals surface area contributed by atoms with Gasteiger partial charge in [-0.1, -0.05) is 48.5 Å². The van der Waals surface area contributed by atoms with E-state index in [1.807, 2.05) is 97.1 Å². The second kappa shape index (κ2) is 11.7. The highest BCUT2D eigenvalue weighted by atomic mass is 31.2. The fourth-order valence-corrected chi connectivity index (χ4v) is 2.70. The molecule has 12 N–H and O–H groups in total. The summed E-state index contributed by atoms with van der Waals surface area (Å²) in [4.78, 5) is 14.8. The van der Waals surface area contributed by atoms with Gasteiger partial charge in [-0.15, -0.1) is 0 Å². The Morgan fingerprint density at radius 2 is 0.545 bits per heavy atom. The van der Waals surface area contributed by atoms with Gasteiger partial charge in [0.25, 0.3) is 0 Å². The van der Waals surface area contributed by atoms with Crippen LogP contribution < -0.4 is 28.4 Å². The van der Waals surface area contributed by atoms with Gasteiger partial charge >= 0.3 is 7.75 Å². The Bertz CT molecular complexity index is 993. The molecule has 0 spiro atoms.